The van der Waals surface area contributed by atoms with Crippen LogP contribution >= 0.6 is 11.3 Å². The average molecular weight is 224 g/mol. The van der Waals surface area contributed by atoms with Crippen molar-refractivity contribution >= 4 is 11.3 Å². The Labute approximate surface area is 94.7 Å². The van der Waals surface area contributed by atoms with Gasteiger partial charge in [0.05, 0.1) is 29.8 Å². The molecule has 82 valence electrons. The molecule has 3 nitrogen and oxygen atoms in total. The van der Waals surface area contributed by atoms with E-state index in [2.05, 4.69) is 18.0 Å². The van der Waals surface area contributed by atoms with Gasteiger partial charge in [-0.2, -0.15) is 5.26 Å². The Bertz CT molecular complexity index is 341. The molecule has 0 saturated heterocycles. The van der Waals surface area contributed by atoms with Gasteiger partial charge in [-0.1, -0.05) is 13.3 Å². The van der Waals surface area contributed by atoms with Crippen molar-refractivity contribution in [2.24, 2.45) is 0 Å². The zero-order valence-electron chi connectivity index (χ0n) is 9.25. The molecule has 0 aliphatic rings. The highest BCUT2D eigenvalue weighted by molar-refractivity contribution is 7.11. The summed E-state index contributed by atoms with van der Waals surface area (Å²) < 4.78 is 5.02. The van der Waals surface area contributed by atoms with Gasteiger partial charge < -0.3 is 4.74 Å². The van der Waals surface area contributed by atoms with E-state index in [0.29, 0.717) is 13.0 Å². The summed E-state index contributed by atoms with van der Waals surface area (Å²) in [7, 11) is 1.69. The summed E-state index contributed by atoms with van der Waals surface area (Å²) in [6.45, 7) is 2.83. The van der Waals surface area contributed by atoms with Crippen LogP contribution in [0, 0.1) is 11.3 Å². The molecule has 0 unspecified atom stereocenters. The second-order valence-corrected chi connectivity index (χ2v) is 4.47. The molecule has 1 rings (SSSR count). The third-order valence-electron chi connectivity index (χ3n) is 2.07. The molecule has 0 radical (unpaired) electrons. The maximum atomic E-state index is 8.70. The fraction of sp³-hybridized carbons (Fsp3) is 0.636. The van der Waals surface area contributed by atoms with Gasteiger partial charge in [-0.3, -0.25) is 0 Å². The predicted octanol–water partition coefficient (Wildman–Crippen LogP) is 2.35. The Hall–Kier alpha value is -0.920. The van der Waals surface area contributed by atoms with Crippen molar-refractivity contribution in [1.29, 1.82) is 5.26 Å². The fourth-order valence-corrected chi connectivity index (χ4v) is 2.40. The number of aromatic nitrogens is 1. The standard InChI is InChI=1S/C11H16N2OS/c1-3-4-9-10(5-7-12)15-11(13-9)6-8-14-2/h3-6,8H2,1-2H3. The molecule has 15 heavy (non-hydrogen) atoms. The van der Waals surface area contributed by atoms with Crippen LogP contribution in [-0.4, -0.2) is 18.7 Å². The quantitative estimate of drug-likeness (QED) is 0.745. The number of aryl methyl sites for hydroxylation is 1. The molecule has 0 amide bonds. The van der Waals surface area contributed by atoms with Gasteiger partial charge in [-0.15, -0.1) is 11.3 Å². The number of ether oxygens (including phenoxy) is 1. The van der Waals surface area contributed by atoms with Crippen LogP contribution in [0.4, 0.5) is 0 Å². The first-order valence-electron chi connectivity index (χ1n) is 5.15. The van der Waals surface area contributed by atoms with E-state index in [1.807, 2.05) is 0 Å². The zero-order chi connectivity index (χ0) is 11.1. The van der Waals surface area contributed by atoms with Crippen LogP contribution in [0.15, 0.2) is 0 Å². The van der Waals surface area contributed by atoms with Crippen molar-refractivity contribution in [3.8, 4) is 6.07 Å². The summed E-state index contributed by atoms with van der Waals surface area (Å²) in [5.74, 6) is 0. The summed E-state index contributed by atoms with van der Waals surface area (Å²) in [5, 5.41) is 9.79. The van der Waals surface area contributed by atoms with E-state index in [-0.39, 0.29) is 0 Å². The first kappa shape index (κ1) is 12.2. The van der Waals surface area contributed by atoms with E-state index in [4.69, 9.17) is 10.00 Å². The summed E-state index contributed by atoms with van der Waals surface area (Å²) >= 11 is 1.65. The molecule has 1 aromatic heterocycles. The van der Waals surface area contributed by atoms with E-state index in [1.165, 1.54) is 0 Å². The van der Waals surface area contributed by atoms with Gasteiger partial charge in [0.1, 0.15) is 0 Å². The van der Waals surface area contributed by atoms with Gasteiger partial charge in [-0.25, -0.2) is 4.98 Å². The summed E-state index contributed by atoms with van der Waals surface area (Å²) in [6, 6.07) is 2.19. The van der Waals surface area contributed by atoms with E-state index in [1.54, 1.807) is 18.4 Å². The number of nitriles is 1. The van der Waals surface area contributed by atoms with Crippen molar-refractivity contribution in [3.63, 3.8) is 0 Å². The maximum absolute atomic E-state index is 8.70. The second kappa shape index (κ2) is 6.54. The number of rotatable bonds is 6. The van der Waals surface area contributed by atoms with Crippen LogP contribution in [0.3, 0.4) is 0 Å². The van der Waals surface area contributed by atoms with Crippen LogP contribution < -0.4 is 0 Å². The first-order valence-corrected chi connectivity index (χ1v) is 5.96. The molecule has 1 aromatic rings. The molecule has 0 spiro atoms. The average Bonchev–Trinajstić information content (AvgIpc) is 2.59. The molecule has 1 heterocycles. The lowest BCUT2D eigenvalue weighted by Gasteiger charge is -1.94. The highest BCUT2D eigenvalue weighted by atomic mass is 32.1. The number of methoxy groups -OCH3 is 1. The van der Waals surface area contributed by atoms with Crippen LogP contribution in [0.5, 0.6) is 0 Å². The van der Waals surface area contributed by atoms with Gasteiger partial charge >= 0.3 is 0 Å². The maximum Gasteiger partial charge on any atom is 0.0954 e. The monoisotopic (exact) mass is 224 g/mol. The van der Waals surface area contributed by atoms with E-state index in [0.717, 1.165) is 34.8 Å². The van der Waals surface area contributed by atoms with Crippen molar-refractivity contribution < 1.29 is 4.74 Å². The largest absolute Gasteiger partial charge is 0.384 e. The topological polar surface area (TPSA) is 45.9 Å². The number of hydrogen-bond acceptors (Lipinski definition) is 4. The number of thiazole rings is 1. The Morgan fingerprint density at radius 1 is 1.47 bits per heavy atom. The smallest absolute Gasteiger partial charge is 0.0954 e. The lowest BCUT2D eigenvalue weighted by Crippen LogP contribution is -1.94. The molecule has 0 N–H and O–H groups in total. The van der Waals surface area contributed by atoms with Crippen LogP contribution in [0.2, 0.25) is 0 Å². The third kappa shape index (κ3) is 3.61. The molecule has 0 bridgehead atoms. The Balaban J connectivity index is 2.74. The lowest BCUT2D eigenvalue weighted by atomic mass is 10.2. The minimum absolute atomic E-state index is 0.486. The molecular weight excluding hydrogens is 208 g/mol. The SMILES string of the molecule is CCCc1nc(CCOC)sc1CC#N. The number of nitrogens with zero attached hydrogens (tertiary/aromatic N) is 2. The Kier molecular flexibility index (Phi) is 5.30. The van der Waals surface area contributed by atoms with Crippen molar-refractivity contribution in [3.05, 3.63) is 15.6 Å². The second-order valence-electron chi connectivity index (χ2n) is 3.31. The highest BCUT2D eigenvalue weighted by Gasteiger charge is 2.09. The van der Waals surface area contributed by atoms with Crippen LogP contribution in [-0.2, 0) is 24.0 Å². The zero-order valence-corrected chi connectivity index (χ0v) is 10.1. The molecule has 4 heteroatoms. The first-order chi connectivity index (χ1) is 7.31. The lowest BCUT2D eigenvalue weighted by molar-refractivity contribution is 0.202. The van der Waals surface area contributed by atoms with E-state index < -0.39 is 0 Å². The summed E-state index contributed by atoms with van der Waals surface area (Å²) in [5.41, 5.74) is 1.11. The van der Waals surface area contributed by atoms with Crippen molar-refractivity contribution in [2.45, 2.75) is 32.6 Å². The molecule has 0 aliphatic heterocycles. The van der Waals surface area contributed by atoms with Crippen molar-refractivity contribution in [1.82, 2.24) is 4.98 Å². The molecule has 0 aliphatic carbocycles. The molecule has 0 saturated carbocycles. The molecule has 0 atom stereocenters. The predicted molar refractivity (Wildman–Crippen MR) is 61.0 cm³/mol. The normalized spacial score (nSPS) is 10.2. The van der Waals surface area contributed by atoms with E-state index in [9.17, 15) is 0 Å². The summed E-state index contributed by atoms with van der Waals surface area (Å²) in [4.78, 5) is 5.67. The minimum atomic E-state index is 0.486. The van der Waals surface area contributed by atoms with Crippen molar-refractivity contribution in [2.75, 3.05) is 13.7 Å². The van der Waals surface area contributed by atoms with Gasteiger partial charge in [-0.05, 0) is 6.42 Å². The molecule has 0 fully saturated rings. The molecule has 0 aromatic carbocycles. The van der Waals surface area contributed by atoms with Gasteiger partial charge in [0.2, 0.25) is 0 Å². The Morgan fingerprint density at radius 3 is 2.87 bits per heavy atom. The van der Waals surface area contributed by atoms with Crippen LogP contribution in [0.1, 0.15) is 28.9 Å². The van der Waals surface area contributed by atoms with E-state index >= 15 is 0 Å². The van der Waals surface area contributed by atoms with Gasteiger partial charge in [0.25, 0.3) is 0 Å². The minimum Gasteiger partial charge on any atom is -0.384 e. The summed E-state index contributed by atoms with van der Waals surface area (Å²) in [6.07, 6.45) is 3.38. The Morgan fingerprint density at radius 2 is 2.27 bits per heavy atom. The molecular formula is C11H16N2OS. The van der Waals surface area contributed by atoms with Gasteiger partial charge in [0.15, 0.2) is 0 Å². The third-order valence-corrected chi connectivity index (χ3v) is 3.23. The van der Waals surface area contributed by atoms with Gasteiger partial charge in [0, 0.05) is 18.4 Å². The van der Waals surface area contributed by atoms with Crippen LogP contribution in [0.25, 0.3) is 0 Å². The fourth-order valence-electron chi connectivity index (χ4n) is 1.38. The number of hydrogen-bond donors (Lipinski definition) is 0. The highest BCUT2D eigenvalue weighted by Crippen LogP contribution is 2.21.